The standard InChI is InChI=1S/C28H32N2O6S/c1-4-36-22-14-12-21(13-15-22)30(37(32,33)23-16-17-26(34-2)27(18-23)35-3)19-28(31)29-25-11-7-9-20-8-5-6-10-24(20)25/h5-6,8,10,12-18,25H,4,7,9,11,19H2,1-3H3,(H,29,31)/t25-/m1/s1. The number of methoxy groups -OCH3 is 2. The van der Waals surface area contributed by atoms with Gasteiger partial charge in [-0.1, -0.05) is 24.3 Å². The molecule has 1 atom stereocenters. The fourth-order valence-corrected chi connectivity index (χ4v) is 6.01. The van der Waals surface area contributed by atoms with Crippen molar-refractivity contribution < 1.29 is 27.4 Å². The molecular weight excluding hydrogens is 492 g/mol. The minimum absolute atomic E-state index is 0.0187. The molecule has 1 aliphatic rings. The maximum Gasteiger partial charge on any atom is 0.264 e. The molecule has 196 valence electrons. The Hall–Kier alpha value is -3.72. The highest BCUT2D eigenvalue weighted by Gasteiger charge is 2.30. The minimum Gasteiger partial charge on any atom is -0.494 e. The molecule has 0 saturated carbocycles. The predicted molar refractivity (Wildman–Crippen MR) is 142 cm³/mol. The number of sulfonamides is 1. The van der Waals surface area contributed by atoms with Crippen LogP contribution in [0.15, 0.2) is 71.6 Å². The number of benzene rings is 3. The summed E-state index contributed by atoms with van der Waals surface area (Å²) in [5.41, 5.74) is 2.63. The van der Waals surface area contributed by atoms with Crippen molar-refractivity contribution in [2.75, 3.05) is 31.7 Å². The Bertz CT molecular complexity index is 1340. The van der Waals surface area contributed by atoms with Crippen LogP contribution in [0.25, 0.3) is 0 Å². The first-order valence-corrected chi connectivity index (χ1v) is 13.7. The van der Waals surface area contributed by atoms with Crippen LogP contribution in [0.5, 0.6) is 17.2 Å². The molecule has 8 nitrogen and oxygen atoms in total. The molecule has 4 rings (SSSR count). The second-order valence-electron chi connectivity index (χ2n) is 8.67. The third-order valence-corrected chi connectivity index (χ3v) is 8.14. The Morgan fingerprint density at radius 2 is 1.73 bits per heavy atom. The van der Waals surface area contributed by atoms with Gasteiger partial charge in [-0.25, -0.2) is 8.42 Å². The zero-order valence-corrected chi connectivity index (χ0v) is 22.1. The predicted octanol–water partition coefficient (Wildman–Crippen LogP) is 4.49. The van der Waals surface area contributed by atoms with E-state index in [1.54, 1.807) is 24.3 Å². The molecule has 1 aliphatic carbocycles. The van der Waals surface area contributed by atoms with Gasteiger partial charge in [0.1, 0.15) is 12.3 Å². The molecular formula is C28H32N2O6S. The number of ether oxygens (including phenoxy) is 3. The molecule has 1 amide bonds. The summed E-state index contributed by atoms with van der Waals surface area (Å²) in [7, 11) is -1.22. The van der Waals surface area contributed by atoms with Crippen LogP contribution in [-0.4, -0.2) is 41.7 Å². The second kappa shape index (κ2) is 11.6. The maximum atomic E-state index is 13.9. The van der Waals surface area contributed by atoms with E-state index in [-0.39, 0.29) is 29.1 Å². The van der Waals surface area contributed by atoms with Crippen molar-refractivity contribution in [2.24, 2.45) is 0 Å². The summed E-state index contributed by atoms with van der Waals surface area (Å²) >= 11 is 0. The van der Waals surface area contributed by atoms with Crippen LogP contribution in [0, 0.1) is 0 Å². The lowest BCUT2D eigenvalue weighted by atomic mass is 9.88. The number of carbonyl (C=O) groups excluding carboxylic acids is 1. The Balaban J connectivity index is 1.66. The van der Waals surface area contributed by atoms with Crippen molar-refractivity contribution in [2.45, 2.75) is 37.1 Å². The second-order valence-corrected chi connectivity index (χ2v) is 10.5. The molecule has 0 aromatic heterocycles. The van der Waals surface area contributed by atoms with Gasteiger partial charge in [0, 0.05) is 6.07 Å². The molecule has 3 aromatic carbocycles. The van der Waals surface area contributed by atoms with E-state index in [4.69, 9.17) is 14.2 Å². The summed E-state index contributed by atoms with van der Waals surface area (Å²) in [6, 6.07) is 18.9. The van der Waals surface area contributed by atoms with Gasteiger partial charge in [-0.15, -0.1) is 0 Å². The van der Waals surface area contributed by atoms with E-state index in [2.05, 4.69) is 11.4 Å². The smallest absolute Gasteiger partial charge is 0.264 e. The van der Waals surface area contributed by atoms with E-state index >= 15 is 0 Å². The third-order valence-electron chi connectivity index (χ3n) is 6.37. The molecule has 0 unspecified atom stereocenters. The van der Waals surface area contributed by atoms with E-state index in [0.717, 1.165) is 29.1 Å². The van der Waals surface area contributed by atoms with Crippen molar-refractivity contribution in [1.29, 1.82) is 0 Å². The third kappa shape index (κ3) is 5.83. The van der Waals surface area contributed by atoms with Gasteiger partial charge >= 0.3 is 0 Å². The van der Waals surface area contributed by atoms with Crippen LogP contribution in [0.1, 0.15) is 36.9 Å². The highest BCUT2D eigenvalue weighted by molar-refractivity contribution is 7.92. The average Bonchev–Trinajstić information content (AvgIpc) is 2.92. The number of fused-ring (bicyclic) bond motifs is 1. The number of hydrogen-bond acceptors (Lipinski definition) is 6. The van der Waals surface area contributed by atoms with Gasteiger partial charge in [0.15, 0.2) is 11.5 Å². The topological polar surface area (TPSA) is 94.2 Å². The number of anilines is 1. The number of hydrogen-bond donors (Lipinski definition) is 1. The first-order chi connectivity index (χ1) is 17.9. The van der Waals surface area contributed by atoms with E-state index < -0.39 is 10.0 Å². The lowest BCUT2D eigenvalue weighted by Gasteiger charge is -2.29. The Morgan fingerprint density at radius 1 is 1.00 bits per heavy atom. The fourth-order valence-electron chi connectivity index (χ4n) is 4.57. The van der Waals surface area contributed by atoms with Crippen molar-refractivity contribution >= 4 is 21.6 Å². The molecule has 0 saturated heterocycles. The van der Waals surface area contributed by atoms with Gasteiger partial charge in [0.2, 0.25) is 5.91 Å². The van der Waals surface area contributed by atoms with Crippen molar-refractivity contribution in [3.63, 3.8) is 0 Å². The Labute approximate surface area is 218 Å². The average molecular weight is 525 g/mol. The van der Waals surface area contributed by atoms with Gasteiger partial charge < -0.3 is 19.5 Å². The number of rotatable bonds is 10. The SMILES string of the molecule is CCOc1ccc(N(CC(=O)N[C@@H]2CCCc3ccccc32)S(=O)(=O)c2ccc(OC)c(OC)c2)cc1. The number of nitrogens with zero attached hydrogens (tertiary/aromatic N) is 1. The highest BCUT2D eigenvalue weighted by Crippen LogP contribution is 2.33. The summed E-state index contributed by atoms with van der Waals surface area (Å²) in [5.74, 6) is 0.902. The molecule has 0 radical (unpaired) electrons. The number of nitrogens with one attached hydrogen (secondary N) is 1. The molecule has 3 aromatic rings. The lowest BCUT2D eigenvalue weighted by Crippen LogP contribution is -2.42. The minimum atomic E-state index is -4.14. The van der Waals surface area contributed by atoms with Gasteiger partial charge in [-0.05, 0) is 73.7 Å². The number of amides is 1. The first kappa shape index (κ1) is 26.3. The number of aryl methyl sites for hydroxylation is 1. The van der Waals surface area contributed by atoms with Crippen molar-refractivity contribution in [3.8, 4) is 17.2 Å². The lowest BCUT2D eigenvalue weighted by molar-refractivity contribution is -0.120. The van der Waals surface area contributed by atoms with Crippen LogP contribution >= 0.6 is 0 Å². The summed E-state index contributed by atoms with van der Waals surface area (Å²) < 4.78 is 44.9. The molecule has 0 spiro atoms. The van der Waals surface area contributed by atoms with Crippen LogP contribution in [0.2, 0.25) is 0 Å². The van der Waals surface area contributed by atoms with E-state index in [1.165, 1.54) is 38.0 Å². The first-order valence-electron chi connectivity index (χ1n) is 12.2. The van der Waals surface area contributed by atoms with Crippen LogP contribution in [0.3, 0.4) is 0 Å². The number of carbonyl (C=O) groups is 1. The molecule has 0 bridgehead atoms. The molecule has 0 heterocycles. The van der Waals surface area contributed by atoms with E-state index in [1.807, 2.05) is 25.1 Å². The summed E-state index contributed by atoms with van der Waals surface area (Å²) in [6.45, 7) is 1.97. The molecule has 0 aliphatic heterocycles. The monoisotopic (exact) mass is 524 g/mol. The van der Waals surface area contributed by atoms with Gasteiger partial charge in [-0.2, -0.15) is 0 Å². The van der Waals surface area contributed by atoms with E-state index in [0.29, 0.717) is 23.8 Å². The molecule has 1 N–H and O–H groups in total. The van der Waals surface area contributed by atoms with Crippen LogP contribution in [0.4, 0.5) is 5.69 Å². The largest absolute Gasteiger partial charge is 0.494 e. The summed E-state index contributed by atoms with van der Waals surface area (Å²) in [5, 5.41) is 3.06. The van der Waals surface area contributed by atoms with Crippen molar-refractivity contribution in [1.82, 2.24) is 5.32 Å². The zero-order valence-electron chi connectivity index (χ0n) is 21.3. The molecule has 0 fully saturated rings. The van der Waals surface area contributed by atoms with Gasteiger partial charge in [0.25, 0.3) is 10.0 Å². The maximum absolute atomic E-state index is 13.9. The quantitative estimate of drug-likeness (QED) is 0.420. The van der Waals surface area contributed by atoms with Gasteiger partial charge in [-0.3, -0.25) is 9.10 Å². The molecule has 37 heavy (non-hydrogen) atoms. The zero-order chi connectivity index (χ0) is 26.4. The van der Waals surface area contributed by atoms with Crippen molar-refractivity contribution in [3.05, 3.63) is 77.9 Å². The van der Waals surface area contributed by atoms with Crippen LogP contribution in [-0.2, 0) is 21.2 Å². The fraction of sp³-hybridized carbons (Fsp3) is 0.321. The summed E-state index contributed by atoms with van der Waals surface area (Å²) in [6.07, 6.45) is 2.72. The summed E-state index contributed by atoms with van der Waals surface area (Å²) in [4.78, 5) is 13.3. The Kier molecular flexibility index (Phi) is 8.23. The highest BCUT2D eigenvalue weighted by atomic mass is 32.2. The Morgan fingerprint density at radius 3 is 2.43 bits per heavy atom. The van der Waals surface area contributed by atoms with Crippen LogP contribution < -0.4 is 23.8 Å². The molecule has 9 heteroatoms. The van der Waals surface area contributed by atoms with E-state index in [9.17, 15) is 13.2 Å². The normalized spacial score (nSPS) is 14.8. The van der Waals surface area contributed by atoms with Gasteiger partial charge in [0.05, 0.1) is 37.5 Å².